The number of hydrogen-bond acceptors (Lipinski definition) is 4. The Bertz CT molecular complexity index is 465. The van der Waals surface area contributed by atoms with Crippen molar-refractivity contribution in [3.63, 3.8) is 0 Å². The van der Waals surface area contributed by atoms with Crippen LogP contribution >= 0.6 is 11.6 Å². The summed E-state index contributed by atoms with van der Waals surface area (Å²) in [5, 5.41) is 10.9. The van der Waals surface area contributed by atoms with Gasteiger partial charge in [0.2, 0.25) is 5.88 Å². The van der Waals surface area contributed by atoms with E-state index in [0.717, 1.165) is 13.1 Å². The summed E-state index contributed by atoms with van der Waals surface area (Å²) < 4.78 is 41.5. The number of hydrogen-bond donors (Lipinski definition) is 2. The van der Waals surface area contributed by atoms with Crippen molar-refractivity contribution in [1.82, 2.24) is 4.98 Å². The Morgan fingerprint density at radius 2 is 2.22 bits per heavy atom. The lowest BCUT2D eigenvalue weighted by molar-refractivity contribution is -0.189. The molecule has 100 valence electrons. The maximum absolute atomic E-state index is 12.3. The SMILES string of the molecule is CC(Oc1nccc(/C(N)=N/O)c1Cl)C(F)(F)F. The van der Waals surface area contributed by atoms with E-state index in [2.05, 4.69) is 14.9 Å². The smallest absolute Gasteiger partial charge is 0.425 e. The Morgan fingerprint density at radius 1 is 1.61 bits per heavy atom. The standard InChI is InChI=1S/C9H9ClF3N3O2/c1-4(9(11,12)13)18-8-6(10)5(2-3-15-8)7(14)16-17/h2-4,17H,1H3,(H2,14,16). The van der Waals surface area contributed by atoms with Crippen molar-refractivity contribution in [3.05, 3.63) is 22.8 Å². The average Bonchev–Trinajstić information content (AvgIpc) is 2.29. The van der Waals surface area contributed by atoms with Crippen LogP contribution in [-0.4, -0.2) is 28.3 Å². The van der Waals surface area contributed by atoms with Crippen LogP contribution in [-0.2, 0) is 0 Å². The molecule has 0 bridgehead atoms. The highest BCUT2D eigenvalue weighted by Crippen LogP contribution is 2.30. The summed E-state index contributed by atoms with van der Waals surface area (Å²) in [6, 6.07) is 1.28. The molecule has 1 rings (SSSR count). The maximum atomic E-state index is 12.3. The zero-order valence-electron chi connectivity index (χ0n) is 9.07. The molecule has 1 aromatic heterocycles. The number of nitrogens with zero attached hydrogens (tertiary/aromatic N) is 2. The van der Waals surface area contributed by atoms with E-state index < -0.39 is 18.2 Å². The minimum atomic E-state index is -4.54. The van der Waals surface area contributed by atoms with Gasteiger partial charge >= 0.3 is 6.18 Å². The van der Waals surface area contributed by atoms with Gasteiger partial charge in [-0.1, -0.05) is 16.8 Å². The lowest BCUT2D eigenvalue weighted by Crippen LogP contribution is -2.31. The lowest BCUT2D eigenvalue weighted by atomic mass is 10.2. The second-order valence-electron chi connectivity index (χ2n) is 3.26. The summed E-state index contributed by atoms with van der Waals surface area (Å²) in [5.41, 5.74) is 5.32. The number of aromatic nitrogens is 1. The van der Waals surface area contributed by atoms with Gasteiger partial charge in [-0.25, -0.2) is 4.98 Å². The first-order valence-corrected chi connectivity index (χ1v) is 5.01. The molecule has 0 saturated carbocycles. The molecular formula is C9H9ClF3N3O2. The van der Waals surface area contributed by atoms with Gasteiger partial charge in [-0.2, -0.15) is 13.2 Å². The van der Waals surface area contributed by atoms with E-state index in [1.165, 1.54) is 6.07 Å². The number of alkyl halides is 3. The highest BCUT2D eigenvalue weighted by Gasteiger charge is 2.38. The summed E-state index contributed by atoms with van der Waals surface area (Å²) in [5.74, 6) is -0.794. The molecule has 3 N–H and O–H groups in total. The van der Waals surface area contributed by atoms with Gasteiger partial charge in [0, 0.05) is 11.8 Å². The van der Waals surface area contributed by atoms with Crippen LogP contribution in [0.1, 0.15) is 12.5 Å². The molecule has 1 atom stereocenters. The predicted molar refractivity (Wildman–Crippen MR) is 57.9 cm³/mol. The van der Waals surface area contributed by atoms with E-state index in [-0.39, 0.29) is 16.4 Å². The van der Waals surface area contributed by atoms with E-state index in [1.807, 2.05) is 0 Å². The normalized spacial score (nSPS) is 14.4. The van der Waals surface area contributed by atoms with Crippen molar-refractivity contribution in [3.8, 4) is 5.88 Å². The van der Waals surface area contributed by atoms with Crippen molar-refractivity contribution in [2.45, 2.75) is 19.2 Å². The van der Waals surface area contributed by atoms with Crippen LogP contribution in [0.15, 0.2) is 17.4 Å². The van der Waals surface area contributed by atoms with Gasteiger partial charge < -0.3 is 15.7 Å². The number of halogens is 4. The Kier molecular flexibility index (Phi) is 4.23. The fourth-order valence-electron chi connectivity index (χ4n) is 0.993. The Labute approximate surface area is 105 Å². The number of rotatable bonds is 3. The number of pyridine rings is 1. The van der Waals surface area contributed by atoms with Crippen molar-refractivity contribution in [2.75, 3.05) is 0 Å². The third-order valence-corrected chi connectivity index (χ3v) is 2.36. The molecule has 0 aliphatic carbocycles. The molecule has 0 radical (unpaired) electrons. The Morgan fingerprint density at radius 3 is 2.72 bits per heavy atom. The van der Waals surface area contributed by atoms with Gasteiger partial charge in [0.25, 0.3) is 0 Å². The largest absolute Gasteiger partial charge is 0.464 e. The van der Waals surface area contributed by atoms with Crippen LogP contribution < -0.4 is 10.5 Å². The number of amidine groups is 1. The first-order chi connectivity index (χ1) is 8.27. The Hall–Kier alpha value is -1.70. The monoisotopic (exact) mass is 283 g/mol. The molecule has 1 unspecified atom stereocenters. The quantitative estimate of drug-likeness (QED) is 0.385. The molecule has 18 heavy (non-hydrogen) atoms. The average molecular weight is 284 g/mol. The summed E-state index contributed by atoms with van der Waals surface area (Å²) in [6.45, 7) is 0.814. The minimum Gasteiger partial charge on any atom is -0.464 e. The molecular weight excluding hydrogens is 275 g/mol. The van der Waals surface area contributed by atoms with Gasteiger partial charge in [0.1, 0.15) is 5.02 Å². The molecule has 9 heteroatoms. The highest BCUT2D eigenvalue weighted by atomic mass is 35.5. The van der Waals surface area contributed by atoms with Crippen molar-refractivity contribution in [2.24, 2.45) is 10.9 Å². The maximum Gasteiger partial charge on any atom is 0.425 e. The minimum absolute atomic E-state index is 0.0264. The van der Waals surface area contributed by atoms with Crippen LogP contribution in [0.25, 0.3) is 0 Å². The zero-order chi connectivity index (χ0) is 13.9. The molecule has 0 aromatic carbocycles. The lowest BCUT2D eigenvalue weighted by Gasteiger charge is -2.18. The second-order valence-corrected chi connectivity index (χ2v) is 3.64. The second kappa shape index (κ2) is 5.30. The van der Waals surface area contributed by atoms with Crippen molar-refractivity contribution in [1.29, 1.82) is 0 Å². The van der Waals surface area contributed by atoms with Gasteiger partial charge in [0.15, 0.2) is 11.9 Å². The molecule has 1 heterocycles. The summed E-state index contributed by atoms with van der Waals surface area (Å²) >= 11 is 5.75. The summed E-state index contributed by atoms with van der Waals surface area (Å²) in [4.78, 5) is 3.56. The van der Waals surface area contributed by atoms with E-state index >= 15 is 0 Å². The van der Waals surface area contributed by atoms with Crippen LogP contribution in [0.4, 0.5) is 13.2 Å². The molecule has 0 aliphatic rings. The van der Waals surface area contributed by atoms with Crippen molar-refractivity contribution >= 4 is 17.4 Å². The number of oxime groups is 1. The van der Waals surface area contributed by atoms with E-state index in [1.54, 1.807) is 0 Å². The molecule has 5 nitrogen and oxygen atoms in total. The molecule has 0 aliphatic heterocycles. The zero-order valence-corrected chi connectivity index (χ0v) is 9.83. The highest BCUT2D eigenvalue weighted by molar-refractivity contribution is 6.35. The van der Waals surface area contributed by atoms with E-state index in [0.29, 0.717) is 0 Å². The molecule has 0 spiro atoms. The Balaban J connectivity index is 3.05. The molecule has 0 amide bonds. The predicted octanol–water partition coefficient (Wildman–Crippen LogP) is 2.16. The van der Waals surface area contributed by atoms with Crippen LogP contribution in [0, 0.1) is 0 Å². The summed E-state index contributed by atoms with van der Waals surface area (Å²) in [6.07, 6.45) is -5.49. The molecule has 1 aromatic rings. The third-order valence-electron chi connectivity index (χ3n) is 1.99. The number of ether oxygens (including phenoxy) is 1. The van der Waals surface area contributed by atoms with Gasteiger partial charge in [-0.05, 0) is 13.0 Å². The molecule has 0 fully saturated rings. The summed E-state index contributed by atoms with van der Waals surface area (Å²) in [7, 11) is 0. The first-order valence-electron chi connectivity index (χ1n) is 4.63. The molecule has 0 saturated heterocycles. The van der Waals surface area contributed by atoms with Gasteiger partial charge in [-0.15, -0.1) is 0 Å². The van der Waals surface area contributed by atoms with Gasteiger partial charge in [0.05, 0.1) is 0 Å². The van der Waals surface area contributed by atoms with Crippen LogP contribution in [0.3, 0.4) is 0 Å². The van der Waals surface area contributed by atoms with E-state index in [4.69, 9.17) is 22.5 Å². The fraction of sp³-hybridized carbons (Fsp3) is 0.333. The van der Waals surface area contributed by atoms with Crippen LogP contribution in [0.5, 0.6) is 5.88 Å². The van der Waals surface area contributed by atoms with Crippen LogP contribution in [0.2, 0.25) is 5.02 Å². The first kappa shape index (κ1) is 14.4. The third kappa shape index (κ3) is 3.16. The fourth-order valence-corrected chi connectivity index (χ4v) is 1.25. The number of nitrogens with two attached hydrogens (primary N) is 1. The van der Waals surface area contributed by atoms with E-state index in [9.17, 15) is 13.2 Å². The van der Waals surface area contributed by atoms with Gasteiger partial charge in [-0.3, -0.25) is 0 Å². The topological polar surface area (TPSA) is 80.7 Å². The van der Waals surface area contributed by atoms with Crippen molar-refractivity contribution < 1.29 is 23.1 Å².